The van der Waals surface area contributed by atoms with Gasteiger partial charge in [-0.2, -0.15) is 5.10 Å². The molecule has 20 heavy (non-hydrogen) atoms. The molecule has 0 atom stereocenters. The van der Waals surface area contributed by atoms with Gasteiger partial charge in [-0.05, 0) is 14.0 Å². The van der Waals surface area contributed by atoms with Gasteiger partial charge in [0.25, 0.3) is 0 Å². The summed E-state index contributed by atoms with van der Waals surface area (Å²) in [5.74, 6) is 0. The van der Waals surface area contributed by atoms with Crippen molar-refractivity contribution in [3.05, 3.63) is 28.0 Å². The summed E-state index contributed by atoms with van der Waals surface area (Å²) in [5.41, 5.74) is 1.03. The Morgan fingerprint density at radius 2 is 2.25 bits per heavy atom. The Morgan fingerprint density at radius 1 is 1.45 bits per heavy atom. The molecule has 0 spiro atoms. The minimum Gasteiger partial charge on any atom is -0.314 e. The maximum atomic E-state index is 12.3. The van der Waals surface area contributed by atoms with Gasteiger partial charge in [0.15, 0.2) is 0 Å². The zero-order valence-electron chi connectivity index (χ0n) is 11.3. The fourth-order valence-corrected chi connectivity index (χ4v) is 3.87. The molecular weight excluding hydrogens is 298 g/mol. The van der Waals surface area contributed by atoms with Crippen molar-refractivity contribution in [2.75, 3.05) is 13.6 Å². The molecule has 2 aromatic rings. The smallest absolute Gasteiger partial charge is 0.244 e. The van der Waals surface area contributed by atoms with Crippen LogP contribution in [0, 0.1) is 6.92 Å². The third-order valence-electron chi connectivity index (χ3n) is 2.69. The number of nitrogens with one attached hydrogen (secondary N) is 3. The summed E-state index contributed by atoms with van der Waals surface area (Å²) in [6, 6.07) is 0. The lowest BCUT2D eigenvalue weighted by Gasteiger charge is -2.07. The highest BCUT2D eigenvalue weighted by molar-refractivity contribution is 7.89. The van der Waals surface area contributed by atoms with Crippen LogP contribution in [0.2, 0.25) is 0 Å². The molecule has 3 N–H and O–H groups in total. The van der Waals surface area contributed by atoms with Crippen molar-refractivity contribution in [1.29, 1.82) is 0 Å². The Hall–Kier alpha value is -1.29. The van der Waals surface area contributed by atoms with E-state index in [-0.39, 0.29) is 4.90 Å². The number of sulfonamides is 1. The number of hydrogen-bond acceptors (Lipinski definition) is 6. The van der Waals surface area contributed by atoms with E-state index in [4.69, 9.17) is 0 Å². The minimum absolute atomic E-state index is 0.228. The first-order valence-corrected chi connectivity index (χ1v) is 8.47. The molecule has 2 aromatic heterocycles. The van der Waals surface area contributed by atoms with Gasteiger partial charge in [-0.1, -0.05) is 0 Å². The van der Waals surface area contributed by atoms with Crippen LogP contribution in [0.3, 0.4) is 0 Å². The van der Waals surface area contributed by atoms with E-state index in [1.165, 1.54) is 11.3 Å². The number of H-pyrrole nitrogens is 1. The van der Waals surface area contributed by atoms with Gasteiger partial charge in [-0.3, -0.25) is 5.10 Å². The maximum absolute atomic E-state index is 12.3. The molecule has 0 aliphatic carbocycles. The van der Waals surface area contributed by atoms with Crippen LogP contribution in [0.5, 0.6) is 0 Å². The number of rotatable bonds is 7. The molecule has 0 bridgehead atoms. The molecule has 9 heteroatoms. The summed E-state index contributed by atoms with van der Waals surface area (Å²) < 4.78 is 27.2. The van der Waals surface area contributed by atoms with Gasteiger partial charge in [0.2, 0.25) is 10.0 Å². The topological polar surface area (TPSA) is 99.8 Å². The Bertz CT molecular complexity index is 648. The van der Waals surface area contributed by atoms with Gasteiger partial charge in [-0.25, -0.2) is 18.1 Å². The van der Waals surface area contributed by atoms with Crippen LogP contribution in [0.15, 0.2) is 16.5 Å². The highest BCUT2D eigenvalue weighted by atomic mass is 32.2. The molecule has 2 heterocycles. The average Bonchev–Trinajstić information content (AvgIpc) is 3.00. The van der Waals surface area contributed by atoms with E-state index >= 15 is 0 Å². The zero-order valence-corrected chi connectivity index (χ0v) is 12.9. The molecule has 0 fully saturated rings. The van der Waals surface area contributed by atoms with Gasteiger partial charge in [0.05, 0.1) is 16.4 Å². The van der Waals surface area contributed by atoms with Crippen LogP contribution in [-0.2, 0) is 23.0 Å². The summed E-state index contributed by atoms with van der Waals surface area (Å²) in [7, 11) is -1.81. The molecule has 0 radical (unpaired) electrons. The Kier molecular flexibility index (Phi) is 4.86. The van der Waals surface area contributed by atoms with Gasteiger partial charge in [0, 0.05) is 31.1 Å². The van der Waals surface area contributed by atoms with Crippen LogP contribution >= 0.6 is 11.3 Å². The molecule has 0 amide bonds. The molecule has 7 nitrogen and oxygen atoms in total. The second kappa shape index (κ2) is 6.44. The predicted octanol–water partition coefficient (Wildman–Crippen LogP) is 0.415. The molecule has 0 aliphatic heterocycles. The third-order valence-corrected chi connectivity index (χ3v) is 5.19. The molecule has 0 aliphatic rings. The molecule has 0 saturated carbocycles. The Morgan fingerprint density at radius 3 is 2.90 bits per heavy atom. The minimum atomic E-state index is -3.56. The molecule has 0 saturated heterocycles. The Balaban J connectivity index is 2.08. The monoisotopic (exact) mass is 315 g/mol. The fraction of sp³-hybridized carbons (Fsp3) is 0.455. The SMILES string of the molecule is CNCc1n[nH]c(C)c1S(=O)(=O)NCCc1nccs1. The van der Waals surface area contributed by atoms with E-state index < -0.39 is 10.0 Å². The normalized spacial score (nSPS) is 11.9. The van der Waals surface area contributed by atoms with E-state index in [9.17, 15) is 8.42 Å². The van der Waals surface area contributed by atoms with Crippen molar-refractivity contribution in [3.63, 3.8) is 0 Å². The predicted molar refractivity (Wildman–Crippen MR) is 77.1 cm³/mol. The quantitative estimate of drug-likeness (QED) is 0.687. The van der Waals surface area contributed by atoms with Gasteiger partial charge in [-0.15, -0.1) is 11.3 Å². The van der Waals surface area contributed by atoms with E-state index in [1.54, 1.807) is 20.2 Å². The molecular formula is C11H17N5O2S2. The number of aromatic amines is 1. The second-order valence-electron chi connectivity index (χ2n) is 4.23. The first kappa shape index (κ1) is 15.1. The fourth-order valence-electron chi connectivity index (χ4n) is 1.85. The molecule has 110 valence electrons. The average molecular weight is 315 g/mol. The molecule has 0 aromatic carbocycles. The van der Waals surface area contributed by atoms with Crippen molar-refractivity contribution in [3.8, 4) is 0 Å². The largest absolute Gasteiger partial charge is 0.314 e. The lowest BCUT2D eigenvalue weighted by Crippen LogP contribution is -2.27. The van der Waals surface area contributed by atoms with E-state index in [0.29, 0.717) is 30.9 Å². The molecule has 2 rings (SSSR count). The number of nitrogens with zero attached hydrogens (tertiary/aromatic N) is 2. The summed E-state index contributed by atoms with van der Waals surface area (Å²) in [5, 5.41) is 12.4. The van der Waals surface area contributed by atoms with E-state index in [2.05, 4.69) is 25.2 Å². The summed E-state index contributed by atoms with van der Waals surface area (Å²) >= 11 is 1.51. The van der Waals surface area contributed by atoms with Gasteiger partial charge < -0.3 is 5.32 Å². The second-order valence-corrected chi connectivity index (χ2v) is 6.91. The van der Waals surface area contributed by atoms with Crippen molar-refractivity contribution < 1.29 is 8.42 Å². The zero-order chi connectivity index (χ0) is 14.6. The van der Waals surface area contributed by atoms with Crippen molar-refractivity contribution in [1.82, 2.24) is 25.2 Å². The number of aromatic nitrogens is 3. The highest BCUT2D eigenvalue weighted by Crippen LogP contribution is 2.17. The number of hydrogen-bond donors (Lipinski definition) is 3. The van der Waals surface area contributed by atoms with Crippen LogP contribution in [0.25, 0.3) is 0 Å². The molecule has 0 unspecified atom stereocenters. The van der Waals surface area contributed by atoms with Crippen LogP contribution < -0.4 is 10.0 Å². The van der Waals surface area contributed by atoms with Crippen LogP contribution in [0.4, 0.5) is 0 Å². The number of thiazole rings is 1. The summed E-state index contributed by atoms with van der Waals surface area (Å²) in [6.07, 6.45) is 2.29. The first-order valence-electron chi connectivity index (χ1n) is 6.11. The Labute approximate surface area is 121 Å². The van der Waals surface area contributed by atoms with Crippen LogP contribution in [0.1, 0.15) is 16.4 Å². The van der Waals surface area contributed by atoms with Crippen molar-refractivity contribution >= 4 is 21.4 Å². The lowest BCUT2D eigenvalue weighted by molar-refractivity contribution is 0.579. The van der Waals surface area contributed by atoms with Crippen molar-refractivity contribution in [2.45, 2.75) is 24.8 Å². The van der Waals surface area contributed by atoms with Crippen LogP contribution in [-0.4, -0.2) is 37.2 Å². The highest BCUT2D eigenvalue weighted by Gasteiger charge is 2.23. The third kappa shape index (κ3) is 3.42. The standard InChI is InChI=1S/C11H17N5O2S2/c1-8-11(9(7-12-2)16-15-8)20(17,18)14-4-3-10-13-5-6-19-10/h5-6,12,14H,3-4,7H2,1-2H3,(H,15,16). The number of aryl methyl sites for hydroxylation is 1. The maximum Gasteiger partial charge on any atom is 0.244 e. The van der Waals surface area contributed by atoms with E-state index in [0.717, 1.165) is 5.01 Å². The summed E-state index contributed by atoms with van der Waals surface area (Å²) in [6.45, 7) is 2.41. The lowest BCUT2D eigenvalue weighted by atomic mass is 10.4. The van der Waals surface area contributed by atoms with E-state index in [1.807, 2.05) is 5.38 Å². The summed E-state index contributed by atoms with van der Waals surface area (Å²) in [4.78, 5) is 4.35. The first-order chi connectivity index (χ1) is 9.54. The van der Waals surface area contributed by atoms with Crippen molar-refractivity contribution in [2.24, 2.45) is 0 Å². The van der Waals surface area contributed by atoms with Gasteiger partial charge in [0.1, 0.15) is 4.90 Å². The van der Waals surface area contributed by atoms with Gasteiger partial charge >= 0.3 is 0 Å².